The van der Waals surface area contributed by atoms with Crippen LogP contribution >= 0.6 is 0 Å². The molecule has 3 N–H and O–H groups in total. The van der Waals surface area contributed by atoms with E-state index in [4.69, 9.17) is 10.5 Å². The minimum Gasteiger partial charge on any atom is -0.493 e. The average Bonchev–Trinajstić information content (AvgIpc) is 3.42. The summed E-state index contributed by atoms with van der Waals surface area (Å²) < 4.78 is 20.7. The molecule has 8 heteroatoms. The summed E-state index contributed by atoms with van der Waals surface area (Å²) in [7, 11) is 0. The van der Waals surface area contributed by atoms with Gasteiger partial charge in [0.1, 0.15) is 17.1 Å². The Balaban J connectivity index is 1.36. The number of hydrogen-bond donors (Lipinski definition) is 2. The fraction of sp³-hybridized carbons (Fsp3) is 0.136. The van der Waals surface area contributed by atoms with Crippen LogP contribution in [0.3, 0.4) is 0 Å². The molecule has 0 unspecified atom stereocenters. The third-order valence-corrected chi connectivity index (χ3v) is 4.94. The van der Waals surface area contributed by atoms with Gasteiger partial charge < -0.3 is 10.5 Å². The lowest BCUT2D eigenvalue weighted by Crippen LogP contribution is -2.05. The molecule has 0 amide bonds. The van der Waals surface area contributed by atoms with Gasteiger partial charge in [-0.15, -0.1) is 0 Å². The number of aromatic amines is 1. The molecule has 0 aliphatic carbocycles. The Morgan fingerprint density at radius 2 is 2.03 bits per heavy atom. The van der Waals surface area contributed by atoms with Crippen LogP contribution in [0.15, 0.2) is 60.9 Å². The third-order valence-electron chi connectivity index (χ3n) is 4.94. The van der Waals surface area contributed by atoms with E-state index < -0.39 is 0 Å². The normalized spacial score (nSPS) is 11.4. The molecule has 0 aliphatic heterocycles. The first-order valence-corrected chi connectivity index (χ1v) is 9.62. The molecule has 0 radical (unpaired) electrons. The van der Waals surface area contributed by atoms with E-state index in [2.05, 4.69) is 20.3 Å². The van der Waals surface area contributed by atoms with Crippen LogP contribution in [0.2, 0.25) is 0 Å². The van der Waals surface area contributed by atoms with Crippen LogP contribution in [0.4, 0.5) is 10.2 Å². The van der Waals surface area contributed by atoms with Gasteiger partial charge in [0, 0.05) is 47.8 Å². The predicted octanol–water partition coefficient (Wildman–Crippen LogP) is 4.17. The Kier molecular flexibility index (Phi) is 4.51. The lowest BCUT2D eigenvalue weighted by molar-refractivity contribution is 0.297. The average molecular weight is 402 g/mol. The summed E-state index contributed by atoms with van der Waals surface area (Å²) in [5.41, 5.74) is 9.59. The zero-order chi connectivity index (χ0) is 20.5. The molecule has 0 fully saturated rings. The minimum absolute atomic E-state index is 0.309. The summed E-state index contributed by atoms with van der Waals surface area (Å²) in [6, 6.07) is 14.1. The van der Waals surface area contributed by atoms with Gasteiger partial charge in [-0.3, -0.25) is 9.78 Å². The van der Waals surface area contributed by atoms with Crippen molar-refractivity contribution in [3.05, 3.63) is 66.7 Å². The molecular weight excluding hydrogens is 383 g/mol. The molecule has 7 nitrogen and oxygen atoms in total. The summed E-state index contributed by atoms with van der Waals surface area (Å²) in [6.45, 7) is 1.11. The third kappa shape index (κ3) is 3.43. The van der Waals surface area contributed by atoms with Crippen molar-refractivity contribution in [3.8, 4) is 17.0 Å². The van der Waals surface area contributed by atoms with E-state index in [9.17, 15) is 4.39 Å². The molecule has 3 aromatic heterocycles. The second kappa shape index (κ2) is 7.47. The maximum Gasteiger partial charge on any atom is 0.152 e. The van der Waals surface area contributed by atoms with E-state index in [1.165, 1.54) is 12.1 Å². The maximum absolute atomic E-state index is 13.2. The number of halogens is 1. The molecule has 0 aliphatic rings. The summed E-state index contributed by atoms with van der Waals surface area (Å²) >= 11 is 0. The highest BCUT2D eigenvalue weighted by Gasteiger charge is 2.12. The molecule has 0 saturated heterocycles. The number of pyridine rings is 1. The van der Waals surface area contributed by atoms with Crippen molar-refractivity contribution >= 4 is 27.6 Å². The van der Waals surface area contributed by atoms with Gasteiger partial charge in [0.05, 0.1) is 17.8 Å². The van der Waals surface area contributed by atoms with E-state index in [0.29, 0.717) is 30.2 Å². The number of benzene rings is 2. The van der Waals surface area contributed by atoms with Gasteiger partial charge in [-0.25, -0.2) is 9.37 Å². The van der Waals surface area contributed by atoms with Gasteiger partial charge in [-0.1, -0.05) is 18.2 Å². The lowest BCUT2D eigenvalue weighted by Gasteiger charge is -2.06. The number of H-pyrrole nitrogens is 1. The zero-order valence-corrected chi connectivity index (χ0v) is 16.0. The van der Waals surface area contributed by atoms with Crippen LogP contribution in [0.25, 0.3) is 33.1 Å². The van der Waals surface area contributed by atoms with Gasteiger partial charge in [0.15, 0.2) is 5.82 Å². The Labute approximate surface area is 171 Å². The quantitative estimate of drug-likeness (QED) is 0.416. The van der Waals surface area contributed by atoms with E-state index in [0.717, 1.165) is 34.0 Å². The number of aryl methyl sites for hydroxylation is 1. The van der Waals surface area contributed by atoms with Gasteiger partial charge in [0.2, 0.25) is 0 Å². The Bertz CT molecular complexity index is 1330. The number of nitrogen functional groups attached to an aromatic ring is 1. The summed E-state index contributed by atoms with van der Waals surface area (Å²) in [5.74, 6) is 0.610. The molecule has 5 aromatic rings. The molecule has 30 heavy (non-hydrogen) atoms. The topological polar surface area (TPSA) is 94.6 Å². The maximum atomic E-state index is 13.2. The first-order valence-electron chi connectivity index (χ1n) is 9.62. The molecule has 5 rings (SSSR count). The number of anilines is 1. The largest absolute Gasteiger partial charge is 0.493 e. The number of nitrogens with two attached hydrogens (primary N) is 1. The number of nitrogens with zero attached hydrogens (tertiary/aromatic N) is 4. The lowest BCUT2D eigenvalue weighted by atomic mass is 10.1. The number of rotatable bonds is 6. The Morgan fingerprint density at radius 3 is 2.87 bits per heavy atom. The number of aromatic nitrogens is 5. The van der Waals surface area contributed by atoms with Gasteiger partial charge in [-0.05, 0) is 24.3 Å². The van der Waals surface area contributed by atoms with E-state index in [1.54, 1.807) is 18.3 Å². The highest BCUT2D eigenvalue weighted by molar-refractivity contribution is 6.08. The highest BCUT2D eigenvalue weighted by Crippen LogP contribution is 2.30. The second-order valence-electron chi connectivity index (χ2n) is 7.01. The number of hydrogen-bond acceptors (Lipinski definition) is 5. The second-order valence-corrected chi connectivity index (χ2v) is 7.01. The molecule has 0 atom stereocenters. The van der Waals surface area contributed by atoms with Crippen LogP contribution in [0, 0.1) is 5.82 Å². The number of ether oxygens (including phenoxy) is 1. The smallest absolute Gasteiger partial charge is 0.152 e. The van der Waals surface area contributed by atoms with Gasteiger partial charge in [-0.2, -0.15) is 10.2 Å². The van der Waals surface area contributed by atoms with Crippen molar-refractivity contribution in [2.45, 2.75) is 13.0 Å². The molecule has 0 bridgehead atoms. The fourth-order valence-corrected chi connectivity index (χ4v) is 3.51. The van der Waals surface area contributed by atoms with Crippen molar-refractivity contribution in [3.63, 3.8) is 0 Å². The van der Waals surface area contributed by atoms with Crippen molar-refractivity contribution in [2.75, 3.05) is 12.3 Å². The summed E-state index contributed by atoms with van der Waals surface area (Å²) in [4.78, 5) is 4.54. The Hall–Kier alpha value is -3.94. The van der Waals surface area contributed by atoms with Gasteiger partial charge >= 0.3 is 0 Å². The molecule has 2 aromatic carbocycles. The first kappa shape index (κ1) is 18.1. The fourth-order valence-electron chi connectivity index (χ4n) is 3.51. The molecule has 0 spiro atoms. The minimum atomic E-state index is -0.309. The first-order chi connectivity index (χ1) is 14.7. The standard InChI is InChI=1S/C22H19FN6O/c23-15-3-1-4-16(12-15)30-10-2-9-29-13-18-17-6-5-14(19-7-8-25-27-19)11-20(17)26-22(24)21(18)28-29/h1,3-8,11-13H,2,9-10H2,(H2,24,26)(H,25,27). The Morgan fingerprint density at radius 1 is 1.10 bits per heavy atom. The number of fused-ring (bicyclic) bond motifs is 3. The van der Waals surface area contributed by atoms with Crippen LogP contribution in [0.5, 0.6) is 5.75 Å². The van der Waals surface area contributed by atoms with Gasteiger partial charge in [0.25, 0.3) is 0 Å². The molecule has 0 saturated carbocycles. The number of nitrogens with one attached hydrogen (secondary N) is 1. The van der Waals surface area contributed by atoms with E-state index >= 15 is 0 Å². The van der Waals surface area contributed by atoms with Crippen LogP contribution in [-0.2, 0) is 6.54 Å². The molecule has 3 heterocycles. The predicted molar refractivity (Wildman–Crippen MR) is 114 cm³/mol. The van der Waals surface area contributed by atoms with Crippen molar-refractivity contribution in [2.24, 2.45) is 0 Å². The zero-order valence-electron chi connectivity index (χ0n) is 16.0. The molecular formula is C22H19FN6O. The van der Waals surface area contributed by atoms with E-state index in [-0.39, 0.29) is 5.82 Å². The summed E-state index contributed by atoms with van der Waals surface area (Å²) in [6.07, 6.45) is 4.42. The highest BCUT2D eigenvalue weighted by atomic mass is 19.1. The summed E-state index contributed by atoms with van der Waals surface area (Å²) in [5, 5.41) is 13.5. The van der Waals surface area contributed by atoms with Crippen LogP contribution in [0.1, 0.15) is 6.42 Å². The monoisotopic (exact) mass is 402 g/mol. The van der Waals surface area contributed by atoms with E-state index in [1.807, 2.05) is 35.1 Å². The van der Waals surface area contributed by atoms with Crippen molar-refractivity contribution in [1.29, 1.82) is 0 Å². The molecule has 150 valence electrons. The SMILES string of the molecule is Nc1nc2cc(-c3ccn[nH]3)ccc2c2cn(CCCOc3cccc(F)c3)nc12. The van der Waals surface area contributed by atoms with Crippen LogP contribution < -0.4 is 10.5 Å². The van der Waals surface area contributed by atoms with Crippen molar-refractivity contribution in [1.82, 2.24) is 25.0 Å². The van der Waals surface area contributed by atoms with Crippen molar-refractivity contribution < 1.29 is 9.13 Å². The van der Waals surface area contributed by atoms with Crippen LogP contribution in [-0.4, -0.2) is 31.6 Å².